The highest BCUT2D eigenvalue weighted by Gasteiger charge is 2.18. The van der Waals surface area contributed by atoms with Crippen molar-refractivity contribution in [3.8, 4) is 22.7 Å². The van der Waals surface area contributed by atoms with Crippen molar-refractivity contribution in [1.82, 2.24) is 25.4 Å². The molecule has 0 bridgehead atoms. The molecule has 8 nitrogen and oxygen atoms in total. The number of hydrogen-bond acceptors (Lipinski definition) is 5. The van der Waals surface area contributed by atoms with Crippen LogP contribution in [-0.2, 0) is 0 Å². The minimum absolute atomic E-state index is 0.309. The second-order valence-electron chi connectivity index (χ2n) is 6.94. The summed E-state index contributed by atoms with van der Waals surface area (Å²) in [7, 11) is 1.60. The summed E-state index contributed by atoms with van der Waals surface area (Å²) in [5, 5.41) is 15.7. The van der Waals surface area contributed by atoms with Gasteiger partial charge in [0.15, 0.2) is 0 Å². The Morgan fingerprint density at radius 2 is 1.94 bits per heavy atom. The van der Waals surface area contributed by atoms with Crippen molar-refractivity contribution in [3.63, 3.8) is 0 Å². The lowest BCUT2D eigenvalue weighted by molar-refractivity contribution is 0.0950. The first-order chi connectivity index (χ1) is 15.1. The van der Waals surface area contributed by atoms with E-state index in [0.29, 0.717) is 11.4 Å². The number of H-pyrrole nitrogens is 1. The minimum Gasteiger partial charge on any atom is -0.497 e. The number of aromatic amines is 1. The summed E-state index contributed by atoms with van der Waals surface area (Å²) in [4.78, 5) is 12.5. The van der Waals surface area contributed by atoms with Crippen LogP contribution in [0.1, 0.15) is 27.4 Å². The molecule has 156 valence electrons. The fourth-order valence-corrected chi connectivity index (χ4v) is 3.35. The lowest BCUT2D eigenvalue weighted by Gasteiger charge is -2.04. The van der Waals surface area contributed by atoms with Crippen molar-refractivity contribution in [2.75, 3.05) is 7.11 Å². The lowest BCUT2D eigenvalue weighted by Crippen LogP contribution is -2.18. The number of hydrazone groups is 1. The molecule has 2 aromatic carbocycles. The first-order valence-corrected chi connectivity index (χ1v) is 9.71. The Hall–Kier alpha value is -4.20. The molecule has 0 atom stereocenters. The largest absolute Gasteiger partial charge is 0.497 e. The SMILES string of the molecule is COc1cccc(/C=N/NC(=O)c2cc(-c3c(C)nn(-c4ccccc4)c3C)n[nH]2)c1. The molecule has 0 aliphatic heterocycles. The zero-order valence-electron chi connectivity index (χ0n) is 17.5. The third-order valence-corrected chi connectivity index (χ3v) is 4.84. The Kier molecular flexibility index (Phi) is 5.61. The molecule has 0 saturated carbocycles. The predicted octanol–water partition coefficient (Wildman–Crippen LogP) is 3.65. The van der Waals surface area contributed by atoms with Gasteiger partial charge in [-0.15, -0.1) is 0 Å². The molecule has 0 saturated heterocycles. The van der Waals surface area contributed by atoms with Gasteiger partial charge in [-0.2, -0.15) is 15.3 Å². The molecule has 0 spiro atoms. The topological polar surface area (TPSA) is 97.2 Å². The van der Waals surface area contributed by atoms with Crippen LogP contribution in [0.4, 0.5) is 0 Å². The van der Waals surface area contributed by atoms with Crippen molar-refractivity contribution in [2.24, 2.45) is 5.10 Å². The Morgan fingerprint density at radius 1 is 1.13 bits per heavy atom. The number of carbonyl (C=O) groups is 1. The molecule has 8 heteroatoms. The smallest absolute Gasteiger partial charge is 0.289 e. The van der Waals surface area contributed by atoms with Crippen LogP contribution in [0.5, 0.6) is 5.75 Å². The zero-order chi connectivity index (χ0) is 21.8. The highest BCUT2D eigenvalue weighted by molar-refractivity contribution is 5.94. The molecular weight excluding hydrogens is 392 g/mol. The van der Waals surface area contributed by atoms with Crippen LogP contribution in [0.15, 0.2) is 65.8 Å². The quantitative estimate of drug-likeness (QED) is 0.372. The normalized spacial score (nSPS) is 11.1. The molecule has 2 N–H and O–H groups in total. The molecule has 4 aromatic rings. The van der Waals surface area contributed by atoms with Crippen molar-refractivity contribution in [3.05, 3.63) is 83.3 Å². The summed E-state index contributed by atoms with van der Waals surface area (Å²) in [6, 6.07) is 19.0. The Bertz CT molecular complexity index is 1240. The lowest BCUT2D eigenvalue weighted by atomic mass is 10.1. The molecule has 0 fully saturated rings. The number of carbonyl (C=O) groups excluding carboxylic acids is 1. The van der Waals surface area contributed by atoms with E-state index in [0.717, 1.165) is 34.0 Å². The number of methoxy groups -OCH3 is 1. The number of aryl methyl sites for hydroxylation is 1. The van der Waals surface area contributed by atoms with Gasteiger partial charge in [0.25, 0.3) is 5.91 Å². The molecule has 31 heavy (non-hydrogen) atoms. The monoisotopic (exact) mass is 414 g/mol. The standard InChI is InChI=1S/C23H22N6O2/c1-15-22(16(2)29(28-15)18-9-5-4-6-10-18)20-13-21(26-25-20)23(30)27-24-14-17-8-7-11-19(12-17)31-3/h4-14H,1-3H3,(H,25,26)(H,27,30)/b24-14+. The summed E-state index contributed by atoms with van der Waals surface area (Å²) >= 11 is 0. The number of benzene rings is 2. The highest BCUT2D eigenvalue weighted by Crippen LogP contribution is 2.27. The van der Waals surface area contributed by atoms with Gasteiger partial charge in [0, 0.05) is 5.56 Å². The van der Waals surface area contributed by atoms with Crippen molar-refractivity contribution in [1.29, 1.82) is 0 Å². The summed E-state index contributed by atoms with van der Waals surface area (Å²) in [5.74, 6) is 0.332. The molecule has 0 aliphatic carbocycles. The van der Waals surface area contributed by atoms with Crippen LogP contribution >= 0.6 is 0 Å². The van der Waals surface area contributed by atoms with E-state index in [4.69, 9.17) is 4.74 Å². The van der Waals surface area contributed by atoms with Crippen molar-refractivity contribution in [2.45, 2.75) is 13.8 Å². The predicted molar refractivity (Wildman–Crippen MR) is 119 cm³/mol. The van der Waals surface area contributed by atoms with Gasteiger partial charge >= 0.3 is 0 Å². The number of nitrogens with zero attached hydrogens (tertiary/aromatic N) is 4. The number of nitrogens with one attached hydrogen (secondary N) is 2. The highest BCUT2D eigenvalue weighted by atomic mass is 16.5. The van der Waals surface area contributed by atoms with Gasteiger partial charge in [-0.05, 0) is 49.7 Å². The van der Waals surface area contributed by atoms with Gasteiger partial charge in [0.1, 0.15) is 11.4 Å². The van der Waals surface area contributed by atoms with E-state index in [1.54, 1.807) is 19.4 Å². The van der Waals surface area contributed by atoms with E-state index in [-0.39, 0.29) is 5.91 Å². The first-order valence-electron chi connectivity index (χ1n) is 9.71. The summed E-state index contributed by atoms with van der Waals surface area (Å²) < 4.78 is 7.05. The molecule has 0 aliphatic rings. The van der Waals surface area contributed by atoms with E-state index < -0.39 is 0 Å². The molecule has 1 amide bonds. The van der Waals surface area contributed by atoms with Crippen molar-refractivity contribution < 1.29 is 9.53 Å². The number of rotatable bonds is 6. The second-order valence-corrected chi connectivity index (χ2v) is 6.94. The Labute approximate surface area is 179 Å². The average Bonchev–Trinajstić information content (AvgIpc) is 3.38. The van der Waals surface area contributed by atoms with E-state index >= 15 is 0 Å². The van der Waals surface area contributed by atoms with Gasteiger partial charge in [0.05, 0.1) is 36.1 Å². The molecule has 2 heterocycles. The molecule has 4 rings (SSSR count). The second kappa shape index (κ2) is 8.66. The van der Waals surface area contributed by atoms with Crippen LogP contribution in [0.3, 0.4) is 0 Å². The molecule has 2 aromatic heterocycles. The molecular formula is C23H22N6O2. The maximum Gasteiger partial charge on any atom is 0.289 e. The van der Waals surface area contributed by atoms with E-state index in [1.807, 2.05) is 73.1 Å². The van der Waals surface area contributed by atoms with Crippen LogP contribution in [-0.4, -0.2) is 39.2 Å². The van der Waals surface area contributed by atoms with Gasteiger partial charge in [-0.1, -0.05) is 30.3 Å². The van der Waals surface area contributed by atoms with E-state index in [9.17, 15) is 4.79 Å². The fraction of sp³-hybridized carbons (Fsp3) is 0.130. The van der Waals surface area contributed by atoms with Crippen LogP contribution < -0.4 is 10.2 Å². The van der Waals surface area contributed by atoms with Gasteiger partial charge in [-0.25, -0.2) is 10.1 Å². The van der Waals surface area contributed by atoms with Crippen molar-refractivity contribution >= 4 is 12.1 Å². The van der Waals surface area contributed by atoms with E-state index in [1.165, 1.54) is 0 Å². The van der Waals surface area contributed by atoms with Crippen LogP contribution in [0.25, 0.3) is 16.9 Å². The molecule has 0 radical (unpaired) electrons. The minimum atomic E-state index is -0.386. The van der Waals surface area contributed by atoms with Crippen LogP contribution in [0, 0.1) is 13.8 Å². The van der Waals surface area contributed by atoms with Gasteiger partial charge in [0.2, 0.25) is 0 Å². The third kappa shape index (κ3) is 4.23. The molecule has 0 unspecified atom stereocenters. The number of aromatic nitrogens is 4. The third-order valence-electron chi connectivity index (χ3n) is 4.84. The number of amides is 1. The summed E-state index contributed by atoms with van der Waals surface area (Å²) in [6.07, 6.45) is 1.55. The summed E-state index contributed by atoms with van der Waals surface area (Å²) in [5.41, 5.74) is 7.91. The maximum absolute atomic E-state index is 12.5. The zero-order valence-corrected chi connectivity index (χ0v) is 17.5. The van der Waals surface area contributed by atoms with Gasteiger partial charge < -0.3 is 4.74 Å². The Balaban J connectivity index is 1.51. The van der Waals surface area contributed by atoms with Gasteiger partial charge in [-0.3, -0.25) is 9.89 Å². The fourth-order valence-electron chi connectivity index (χ4n) is 3.35. The average molecular weight is 414 g/mol. The maximum atomic E-state index is 12.5. The summed E-state index contributed by atoms with van der Waals surface area (Å²) in [6.45, 7) is 3.91. The number of hydrogen-bond donors (Lipinski definition) is 2. The van der Waals surface area contributed by atoms with Crippen LogP contribution in [0.2, 0.25) is 0 Å². The number of ether oxygens (including phenoxy) is 1. The number of para-hydroxylation sites is 1. The first kappa shape index (κ1) is 20.1. The van der Waals surface area contributed by atoms with E-state index in [2.05, 4.69) is 25.8 Å². The Morgan fingerprint density at radius 3 is 2.71 bits per heavy atom.